The lowest BCUT2D eigenvalue weighted by molar-refractivity contribution is -0.149. The van der Waals surface area contributed by atoms with Crippen LogP contribution in [0.3, 0.4) is 0 Å². The normalized spacial score (nSPS) is 16.2. The molecule has 1 aliphatic rings. The zero-order valence-electron chi connectivity index (χ0n) is 14.6. The van der Waals surface area contributed by atoms with Crippen molar-refractivity contribution in [3.8, 4) is 0 Å². The molecule has 0 amide bonds. The van der Waals surface area contributed by atoms with Crippen molar-refractivity contribution in [2.24, 2.45) is 10.9 Å². The lowest BCUT2D eigenvalue weighted by atomic mass is 9.97. The van der Waals surface area contributed by atoms with Crippen LogP contribution < -0.4 is 5.32 Å². The predicted molar refractivity (Wildman–Crippen MR) is 100 cm³/mol. The number of hydrogen-bond donors (Lipinski definition) is 1. The summed E-state index contributed by atoms with van der Waals surface area (Å²) in [5.41, 5.74) is 2.49. The van der Waals surface area contributed by atoms with Crippen molar-refractivity contribution < 1.29 is 9.53 Å². The summed E-state index contributed by atoms with van der Waals surface area (Å²) in [5, 5.41) is 3.43. The van der Waals surface area contributed by atoms with E-state index >= 15 is 0 Å². The number of ether oxygens (including phenoxy) is 1. The van der Waals surface area contributed by atoms with Crippen LogP contribution in [0.4, 0.5) is 0 Å². The quantitative estimate of drug-likeness (QED) is 0.483. The zero-order chi connectivity index (χ0) is 17.5. The second kappa shape index (κ2) is 9.06. The van der Waals surface area contributed by atoms with Crippen molar-refractivity contribution in [1.29, 1.82) is 0 Å². The Morgan fingerprint density at radius 2 is 2.12 bits per heavy atom. The van der Waals surface area contributed by atoms with Gasteiger partial charge in [0.1, 0.15) is 0 Å². The van der Waals surface area contributed by atoms with Crippen LogP contribution >= 0.6 is 15.9 Å². The van der Waals surface area contributed by atoms with Crippen molar-refractivity contribution >= 4 is 27.9 Å². The first-order valence-electron chi connectivity index (χ1n) is 8.42. The van der Waals surface area contributed by atoms with Gasteiger partial charge < -0.3 is 15.0 Å². The van der Waals surface area contributed by atoms with Crippen LogP contribution in [-0.4, -0.2) is 43.6 Å². The summed E-state index contributed by atoms with van der Waals surface area (Å²) >= 11 is 3.49. The average Bonchev–Trinajstić information content (AvgIpc) is 2.58. The molecule has 0 aliphatic carbocycles. The van der Waals surface area contributed by atoms with Crippen LogP contribution in [0.2, 0.25) is 0 Å². The van der Waals surface area contributed by atoms with E-state index in [0.29, 0.717) is 6.61 Å². The fraction of sp³-hybridized carbons (Fsp3) is 0.556. The summed E-state index contributed by atoms with van der Waals surface area (Å²) in [5.74, 6) is 0.846. The maximum absolute atomic E-state index is 11.8. The van der Waals surface area contributed by atoms with Gasteiger partial charge in [-0.25, -0.2) is 0 Å². The van der Waals surface area contributed by atoms with Gasteiger partial charge >= 0.3 is 5.97 Å². The molecule has 0 atom stereocenters. The number of likely N-dealkylation sites (tertiary alicyclic amines) is 1. The molecule has 0 aromatic heterocycles. The molecule has 1 heterocycles. The van der Waals surface area contributed by atoms with Crippen LogP contribution in [0, 0.1) is 12.8 Å². The molecule has 132 valence electrons. The van der Waals surface area contributed by atoms with E-state index in [1.54, 1.807) is 7.05 Å². The first-order chi connectivity index (χ1) is 11.5. The first kappa shape index (κ1) is 18.8. The number of halogens is 1. The highest BCUT2D eigenvalue weighted by Crippen LogP contribution is 2.19. The second-order valence-electron chi connectivity index (χ2n) is 5.98. The first-order valence-corrected chi connectivity index (χ1v) is 9.21. The number of piperidine rings is 1. The molecule has 24 heavy (non-hydrogen) atoms. The third-order valence-electron chi connectivity index (χ3n) is 4.37. The topological polar surface area (TPSA) is 53.9 Å². The zero-order valence-corrected chi connectivity index (χ0v) is 16.2. The lowest BCUT2D eigenvalue weighted by Crippen LogP contribution is -2.46. The van der Waals surface area contributed by atoms with Crippen molar-refractivity contribution in [1.82, 2.24) is 10.2 Å². The van der Waals surface area contributed by atoms with E-state index < -0.39 is 0 Å². The van der Waals surface area contributed by atoms with Gasteiger partial charge in [-0.3, -0.25) is 9.79 Å². The SMILES string of the molecule is CCOC(=O)C1CCN(C(=NC)NCc2ccc(Br)cc2C)CC1. The van der Waals surface area contributed by atoms with Gasteiger partial charge in [0, 0.05) is 31.2 Å². The molecular formula is C18H26BrN3O2. The van der Waals surface area contributed by atoms with E-state index in [1.165, 1.54) is 11.1 Å². The molecule has 6 heteroatoms. The highest BCUT2D eigenvalue weighted by molar-refractivity contribution is 9.10. The van der Waals surface area contributed by atoms with Crippen molar-refractivity contribution in [2.45, 2.75) is 33.2 Å². The maximum Gasteiger partial charge on any atom is 0.309 e. The van der Waals surface area contributed by atoms with Gasteiger partial charge in [-0.05, 0) is 49.9 Å². The van der Waals surface area contributed by atoms with E-state index in [2.05, 4.69) is 56.3 Å². The molecule has 1 aromatic carbocycles. The molecule has 1 N–H and O–H groups in total. The second-order valence-corrected chi connectivity index (χ2v) is 6.90. The minimum absolute atomic E-state index is 0.0213. The molecule has 0 bridgehead atoms. The molecule has 0 unspecified atom stereocenters. The largest absolute Gasteiger partial charge is 0.466 e. The Bertz CT molecular complexity index is 596. The number of rotatable bonds is 4. The van der Waals surface area contributed by atoms with E-state index in [4.69, 9.17) is 4.74 Å². The lowest BCUT2D eigenvalue weighted by Gasteiger charge is -2.33. The van der Waals surface area contributed by atoms with E-state index in [0.717, 1.165) is 42.9 Å². The molecule has 0 radical (unpaired) electrons. The van der Waals surface area contributed by atoms with E-state index in [-0.39, 0.29) is 11.9 Å². The summed E-state index contributed by atoms with van der Waals surface area (Å²) in [6.45, 7) is 6.79. The third-order valence-corrected chi connectivity index (χ3v) is 4.86. The number of benzene rings is 1. The fourth-order valence-electron chi connectivity index (χ4n) is 2.95. The molecule has 1 aliphatic heterocycles. The Morgan fingerprint density at radius 3 is 2.71 bits per heavy atom. The van der Waals surface area contributed by atoms with E-state index in [9.17, 15) is 4.79 Å². The minimum Gasteiger partial charge on any atom is -0.466 e. The highest BCUT2D eigenvalue weighted by Gasteiger charge is 2.27. The molecule has 1 aromatic rings. The van der Waals surface area contributed by atoms with Crippen LogP contribution in [0.5, 0.6) is 0 Å². The Balaban J connectivity index is 1.88. The monoisotopic (exact) mass is 395 g/mol. The number of nitrogens with one attached hydrogen (secondary N) is 1. The van der Waals surface area contributed by atoms with Crippen molar-refractivity contribution in [3.63, 3.8) is 0 Å². The summed E-state index contributed by atoms with van der Waals surface area (Å²) < 4.78 is 6.22. The molecule has 5 nitrogen and oxygen atoms in total. The average molecular weight is 396 g/mol. The van der Waals surface area contributed by atoms with Gasteiger partial charge in [0.15, 0.2) is 5.96 Å². The number of hydrogen-bond acceptors (Lipinski definition) is 3. The Kier molecular flexibility index (Phi) is 7.09. The van der Waals surface area contributed by atoms with E-state index in [1.807, 2.05) is 6.92 Å². The predicted octanol–water partition coefficient (Wildman–Crippen LogP) is 3.11. The third kappa shape index (κ3) is 4.97. The summed E-state index contributed by atoms with van der Waals surface area (Å²) in [6, 6.07) is 6.29. The fourth-order valence-corrected chi connectivity index (χ4v) is 3.43. The smallest absolute Gasteiger partial charge is 0.309 e. The van der Waals surface area contributed by atoms with Gasteiger partial charge in [-0.15, -0.1) is 0 Å². The number of carbonyl (C=O) groups excluding carboxylic acids is 1. The van der Waals surface area contributed by atoms with Gasteiger partial charge in [-0.1, -0.05) is 22.0 Å². The molecule has 1 saturated heterocycles. The summed E-state index contributed by atoms with van der Waals surface area (Å²) in [4.78, 5) is 18.4. The summed E-state index contributed by atoms with van der Waals surface area (Å²) in [7, 11) is 1.80. The number of nitrogens with zero attached hydrogens (tertiary/aromatic N) is 2. The summed E-state index contributed by atoms with van der Waals surface area (Å²) in [6.07, 6.45) is 1.63. The Morgan fingerprint density at radius 1 is 1.42 bits per heavy atom. The maximum atomic E-state index is 11.8. The number of esters is 1. The Hall–Kier alpha value is -1.56. The van der Waals surface area contributed by atoms with Gasteiger partial charge in [0.05, 0.1) is 12.5 Å². The van der Waals surface area contributed by atoms with Gasteiger partial charge in [-0.2, -0.15) is 0 Å². The number of aryl methyl sites for hydroxylation is 1. The standard InChI is InChI=1S/C18H26BrN3O2/c1-4-24-17(23)14-7-9-22(10-8-14)18(20-3)21-12-15-5-6-16(19)11-13(15)2/h5-6,11,14H,4,7-10,12H2,1-3H3,(H,20,21). The van der Waals surface area contributed by atoms with Gasteiger partial charge in [0.2, 0.25) is 0 Å². The minimum atomic E-state index is -0.0643. The number of aliphatic imine (C=N–C) groups is 1. The van der Waals surface area contributed by atoms with Crippen LogP contribution in [-0.2, 0) is 16.1 Å². The molecule has 1 fully saturated rings. The van der Waals surface area contributed by atoms with Crippen LogP contribution in [0.15, 0.2) is 27.7 Å². The van der Waals surface area contributed by atoms with Crippen LogP contribution in [0.1, 0.15) is 30.9 Å². The van der Waals surface area contributed by atoms with Gasteiger partial charge in [0.25, 0.3) is 0 Å². The van der Waals surface area contributed by atoms with Crippen LogP contribution in [0.25, 0.3) is 0 Å². The molecule has 0 spiro atoms. The molecular weight excluding hydrogens is 370 g/mol. The van der Waals surface area contributed by atoms with Crippen molar-refractivity contribution in [3.05, 3.63) is 33.8 Å². The number of guanidine groups is 1. The van der Waals surface area contributed by atoms with Crippen molar-refractivity contribution in [2.75, 3.05) is 26.7 Å². The Labute approximate surface area is 152 Å². The molecule has 2 rings (SSSR count). The highest BCUT2D eigenvalue weighted by atomic mass is 79.9. The number of carbonyl (C=O) groups is 1. The molecule has 0 saturated carbocycles.